The van der Waals surface area contributed by atoms with E-state index in [1.807, 2.05) is 0 Å². The molecule has 0 aromatic heterocycles. The lowest BCUT2D eigenvalue weighted by Crippen LogP contribution is -2.27. The molecule has 1 saturated carbocycles. The molecule has 1 aliphatic rings. The van der Waals surface area contributed by atoms with Crippen molar-refractivity contribution < 1.29 is 9.84 Å². The summed E-state index contributed by atoms with van der Waals surface area (Å²) in [5.41, 5.74) is 0. The van der Waals surface area contributed by atoms with Crippen molar-refractivity contribution in [2.45, 2.75) is 44.6 Å². The highest BCUT2D eigenvalue weighted by atomic mass is 16.5. The van der Waals surface area contributed by atoms with Gasteiger partial charge in [0.25, 0.3) is 0 Å². The van der Waals surface area contributed by atoms with Crippen LogP contribution >= 0.6 is 0 Å². The van der Waals surface area contributed by atoms with Crippen LogP contribution in [-0.2, 0) is 4.74 Å². The predicted molar refractivity (Wildman–Crippen MR) is 57.4 cm³/mol. The van der Waals surface area contributed by atoms with Gasteiger partial charge in [0.1, 0.15) is 0 Å². The zero-order valence-corrected chi connectivity index (χ0v) is 9.00. The minimum absolute atomic E-state index is 0.236. The number of aliphatic hydroxyl groups excluding tert-OH is 1. The molecule has 0 heterocycles. The number of ether oxygens (including phenoxy) is 1. The molecule has 2 N–H and O–H groups in total. The molecule has 0 aliphatic heterocycles. The van der Waals surface area contributed by atoms with E-state index in [4.69, 9.17) is 9.84 Å². The molecule has 3 nitrogen and oxygen atoms in total. The highest BCUT2D eigenvalue weighted by molar-refractivity contribution is 4.72. The minimum Gasteiger partial charge on any atom is -0.396 e. The van der Waals surface area contributed by atoms with Crippen LogP contribution < -0.4 is 5.32 Å². The van der Waals surface area contributed by atoms with Crippen LogP contribution in [0.1, 0.15) is 38.5 Å². The van der Waals surface area contributed by atoms with Gasteiger partial charge in [-0.05, 0) is 32.2 Å². The minimum atomic E-state index is 0.236. The molecule has 0 radical (unpaired) electrons. The Bertz CT molecular complexity index is 124. The molecule has 0 aromatic rings. The molecule has 0 amide bonds. The number of hydrogen-bond acceptors (Lipinski definition) is 3. The van der Waals surface area contributed by atoms with Crippen LogP contribution in [-0.4, -0.2) is 37.5 Å². The van der Waals surface area contributed by atoms with Crippen molar-refractivity contribution in [2.75, 3.05) is 26.4 Å². The Labute approximate surface area is 86.8 Å². The second kappa shape index (κ2) is 8.21. The maximum absolute atomic E-state index is 8.52. The molecule has 0 bridgehead atoms. The van der Waals surface area contributed by atoms with Gasteiger partial charge in [-0.25, -0.2) is 0 Å². The third kappa shape index (κ3) is 5.58. The van der Waals surface area contributed by atoms with E-state index in [-0.39, 0.29) is 6.61 Å². The maximum atomic E-state index is 8.52. The van der Waals surface area contributed by atoms with E-state index in [9.17, 15) is 0 Å². The van der Waals surface area contributed by atoms with Crippen molar-refractivity contribution in [3.63, 3.8) is 0 Å². The van der Waals surface area contributed by atoms with Crippen LogP contribution in [0.4, 0.5) is 0 Å². The summed E-state index contributed by atoms with van der Waals surface area (Å²) in [5.74, 6) is 0. The lowest BCUT2D eigenvalue weighted by atomic mass is 10.2. The zero-order valence-electron chi connectivity index (χ0n) is 9.00. The van der Waals surface area contributed by atoms with E-state index in [0.29, 0.717) is 6.61 Å². The fraction of sp³-hybridized carbons (Fsp3) is 1.00. The van der Waals surface area contributed by atoms with Gasteiger partial charge in [-0.3, -0.25) is 0 Å². The predicted octanol–water partition coefficient (Wildman–Crippen LogP) is 1.31. The molecule has 3 heteroatoms. The number of nitrogens with one attached hydrogen (secondary N) is 1. The van der Waals surface area contributed by atoms with E-state index in [1.54, 1.807) is 0 Å². The Morgan fingerprint density at radius 2 is 1.86 bits per heavy atom. The summed E-state index contributed by atoms with van der Waals surface area (Å²) in [6, 6.07) is 0.771. The number of rotatable bonds is 8. The van der Waals surface area contributed by atoms with E-state index in [1.165, 1.54) is 25.7 Å². The van der Waals surface area contributed by atoms with Gasteiger partial charge >= 0.3 is 0 Å². The summed E-state index contributed by atoms with van der Waals surface area (Å²) in [6.45, 7) is 2.82. The van der Waals surface area contributed by atoms with Crippen molar-refractivity contribution in [1.29, 1.82) is 0 Å². The second-order valence-corrected chi connectivity index (χ2v) is 3.98. The van der Waals surface area contributed by atoms with Crippen molar-refractivity contribution in [3.8, 4) is 0 Å². The molecule has 1 aliphatic carbocycles. The van der Waals surface area contributed by atoms with E-state index in [2.05, 4.69) is 5.32 Å². The third-order valence-electron chi connectivity index (χ3n) is 2.70. The molecular weight excluding hydrogens is 178 g/mol. The summed E-state index contributed by atoms with van der Waals surface area (Å²) in [5, 5.41) is 12.1. The largest absolute Gasteiger partial charge is 0.396 e. The zero-order chi connectivity index (χ0) is 10.1. The Morgan fingerprint density at radius 1 is 1.14 bits per heavy atom. The van der Waals surface area contributed by atoms with Crippen molar-refractivity contribution in [2.24, 2.45) is 0 Å². The van der Waals surface area contributed by atoms with Crippen LogP contribution in [0, 0.1) is 0 Å². The van der Waals surface area contributed by atoms with Gasteiger partial charge in [0, 0.05) is 25.9 Å². The van der Waals surface area contributed by atoms with E-state index in [0.717, 1.165) is 32.0 Å². The van der Waals surface area contributed by atoms with E-state index >= 15 is 0 Å². The number of hydrogen-bond donors (Lipinski definition) is 2. The first-order valence-corrected chi connectivity index (χ1v) is 5.85. The average molecular weight is 201 g/mol. The van der Waals surface area contributed by atoms with Crippen LogP contribution in [0.5, 0.6) is 0 Å². The Kier molecular flexibility index (Phi) is 7.01. The maximum Gasteiger partial charge on any atom is 0.0487 e. The standard InChI is InChI=1S/C11H23NO2/c13-8-4-10-14-9-3-7-12-11-5-1-2-6-11/h11-13H,1-10H2. The first-order valence-electron chi connectivity index (χ1n) is 5.85. The monoisotopic (exact) mass is 201 g/mol. The summed E-state index contributed by atoms with van der Waals surface area (Å²) >= 11 is 0. The van der Waals surface area contributed by atoms with Gasteiger partial charge < -0.3 is 15.2 Å². The van der Waals surface area contributed by atoms with Gasteiger partial charge in [0.2, 0.25) is 0 Å². The smallest absolute Gasteiger partial charge is 0.0487 e. The normalized spacial score (nSPS) is 17.8. The second-order valence-electron chi connectivity index (χ2n) is 3.98. The summed E-state index contributed by atoms with van der Waals surface area (Å²) in [4.78, 5) is 0. The molecule has 0 saturated heterocycles. The Hall–Kier alpha value is -0.120. The Morgan fingerprint density at radius 3 is 2.57 bits per heavy atom. The topological polar surface area (TPSA) is 41.5 Å². The molecule has 0 unspecified atom stereocenters. The molecular formula is C11H23NO2. The average Bonchev–Trinajstić information content (AvgIpc) is 2.69. The molecule has 0 spiro atoms. The number of aliphatic hydroxyl groups is 1. The van der Waals surface area contributed by atoms with Gasteiger partial charge in [0.05, 0.1) is 0 Å². The van der Waals surface area contributed by atoms with Crippen LogP contribution in [0.15, 0.2) is 0 Å². The van der Waals surface area contributed by atoms with Crippen LogP contribution in [0.2, 0.25) is 0 Å². The van der Waals surface area contributed by atoms with Gasteiger partial charge in [-0.15, -0.1) is 0 Å². The SMILES string of the molecule is OCCCOCCCNC1CCCC1. The van der Waals surface area contributed by atoms with Crippen LogP contribution in [0.3, 0.4) is 0 Å². The van der Waals surface area contributed by atoms with Gasteiger partial charge in [0.15, 0.2) is 0 Å². The van der Waals surface area contributed by atoms with Crippen molar-refractivity contribution >= 4 is 0 Å². The summed E-state index contributed by atoms with van der Waals surface area (Å²) < 4.78 is 5.34. The fourth-order valence-corrected chi connectivity index (χ4v) is 1.88. The van der Waals surface area contributed by atoms with Gasteiger partial charge in [-0.1, -0.05) is 12.8 Å². The van der Waals surface area contributed by atoms with E-state index < -0.39 is 0 Å². The third-order valence-corrected chi connectivity index (χ3v) is 2.70. The summed E-state index contributed by atoms with van der Waals surface area (Å²) in [6.07, 6.45) is 7.34. The highest BCUT2D eigenvalue weighted by Crippen LogP contribution is 2.17. The molecule has 0 atom stereocenters. The van der Waals surface area contributed by atoms with Gasteiger partial charge in [-0.2, -0.15) is 0 Å². The van der Waals surface area contributed by atoms with Crippen molar-refractivity contribution in [1.82, 2.24) is 5.32 Å². The van der Waals surface area contributed by atoms with Crippen molar-refractivity contribution in [3.05, 3.63) is 0 Å². The quantitative estimate of drug-likeness (QED) is 0.582. The fourth-order valence-electron chi connectivity index (χ4n) is 1.88. The highest BCUT2D eigenvalue weighted by Gasteiger charge is 2.12. The lowest BCUT2D eigenvalue weighted by Gasteiger charge is -2.11. The summed E-state index contributed by atoms with van der Waals surface area (Å²) in [7, 11) is 0. The first kappa shape index (κ1) is 12.0. The lowest BCUT2D eigenvalue weighted by molar-refractivity contribution is 0.113. The molecule has 14 heavy (non-hydrogen) atoms. The van der Waals surface area contributed by atoms with Crippen LogP contribution in [0.25, 0.3) is 0 Å². The molecule has 0 aromatic carbocycles. The molecule has 1 fully saturated rings. The Balaban J connectivity index is 1.75. The first-order chi connectivity index (χ1) is 6.93. The molecule has 84 valence electrons. The molecule has 1 rings (SSSR count).